The van der Waals surface area contributed by atoms with Crippen LogP contribution in [0.15, 0.2) is 42.5 Å². The van der Waals surface area contributed by atoms with Gasteiger partial charge in [0, 0.05) is 0 Å². The highest BCUT2D eigenvalue weighted by atomic mass is 19.4. The minimum absolute atomic E-state index is 0.00285. The van der Waals surface area contributed by atoms with Gasteiger partial charge in [-0.3, -0.25) is 4.79 Å². The van der Waals surface area contributed by atoms with Crippen LogP contribution in [0.4, 0.5) is 13.2 Å². The molecule has 0 aromatic heterocycles. The number of alkyl halides is 3. The lowest BCUT2D eigenvalue weighted by atomic mass is 9.85. The summed E-state index contributed by atoms with van der Waals surface area (Å²) in [4.78, 5) is 14.3. The quantitative estimate of drug-likeness (QED) is 0.752. The lowest BCUT2D eigenvalue weighted by Gasteiger charge is -2.48. The summed E-state index contributed by atoms with van der Waals surface area (Å²) in [5.74, 6) is 0.479. The van der Waals surface area contributed by atoms with Crippen LogP contribution in [0.1, 0.15) is 41.3 Å². The number of β-lactam (4-membered cyclic amide) rings is 1. The largest absolute Gasteiger partial charge is 0.497 e. The van der Waals surface area contributed by atoms with Crippen molar-refractivity contribution in [1.82, 2.24) is 4.90 Å². The number of hydrogen-bond acceptors (Lipinski definition) is 2. The Morgan fingerprint density at radius 2 is 1.85 bits per heavy atom. The van der Waals surface area contributed by atoms with Crippen LogP contribution < -0.4 is 4.74 Å². The molecule has 26 heavy (non-hydrogen) atoms. The fourth-order valence-electron chi connectivity index (χ4n) is 4.09. The van der Waals surface area contributed by atoms with E-state index < -0.39 is 11.7 Å². The van der Waals surface area contributed by atoms with Gasteiger partial charge in [0.1, 0.15) is 5.75 Å². The summed E-state index contributed by atoms with van der Waals surface area (Å²) in [6, 6.07) is 10.7. The van der Waals surface area contributed by atoms with Crippen LogP contribution in [0.2, 0.25) is 0 Å². The van der Waals surface area contributed by atoms with Crippen molar-refractivity contribution in [3.63, 3.8) is 0 Å². The Kier molecular flexibility index (Phi) is 3.75. The summed E-state index contributed by atoms with van der Waals surface area (Å²) in [7, 11) is 1.58. The maximum Gasteiger partial charge on any atom is 0.416 e. The second kappa shape index (κ2) is 5.76. The zero-order valence-electron chi connectivity index (χ0n) is 14.4. The number of nitrogens with zero attached hydrogens (tertiary/aromatic N) is 1. The molecular formula is C20H18F3NO2. The van der Waals surface area contributed by atoms with E-state index in [-0.39, 0.29) is 23.9 Å². The molecule has 3 nitrogen and oxygen atoms in total. The number of carbonyl (C=O) groups is 1. The van der Waals surface area contributed by atoms with E-state index in [4.69, 9.17) is 4.74 Å². The summed E-state index contributed by atoms with van der Waals surface area (Å²) in [5.41, 5.74) is 1.74. The van der Waals surface area contributed by atoms with Crippen LogP contribution >= 0.6 is 0 Å². The fourth-order valence-corrected chi connectivity index (χ4v) is 4.09. The molecule has 1 fully saturated rings. The maximum atomic E-state index is 13.1. The SMILES string of the molecule is COc1ccc([C@H](C)N2C(=O)[C@@H]3Cc4ccc(C(F)(F)F)cc4[C@@H]32)cc1. The van der Waals surface area contributed by atoms with Crippen LogP contribution in [-0.4, -0.2) is 17.9 Å². The van der Waals surface area contributed by atoms with Gasteiger partial charge in [-0.05, 0) is 54.3 Å². The third kappa shape index (κ3) is 2.47. The zero-order chi connectivity index (χ0) is 18.6. The lowest BCUT2D eigenvalue weighted by Crippen LogP contribution is -2.54. The number of fused-ring (bicyclic) bond motifs is 3. The number of carbonyl (C=O) groups excluding carboxylic acids is 1. The van der Waals surface area contributed by atoms with E-state index in [1.165, 1.54) is 12.1 Å². The molecule has 6 heteroatoms. The van der Waals surface area contributed by atoms with Crippen LogP contribution in [0.25, 0.3) is 0 Å². The number of ether oxygens (including phenoxy) is 1. The predicted molar refractivity (Wildman–Crippen MR) is 89.6 cm³/mol. The summed E-state index contributed by atoms with van der Waals surface area (Å²) in [6.07, 6.45) is -3.86. The maximum absolute atomic E-state index is 13.1. The van der Waals surface area contributed by atoms with E-state index >= 15 is 0 Å². The van der Waals surface area contributed by atoms with Crippen molar-refractivity contribution >= 4 is 5.91 Å². The standard InChI is InChI=1S/C20H18F3NO2/c1-11(12-4-7-15(26-2)8-5-12)24-18-16-10-14(20(21,22)23)6-3-13(16)9-17(18)19(24)25/h3-8,10-11,17-18H,9H2,1-2H3/t11-,17+,18-/m0/s1. The number of hydrogen-bond donors (Lipinski definition) is 0. The molecule has 0 N–H and O–H groups in total. The van der Waals surface area contributed by atoms with E-state index in [1.807, 2.05) is 31.2 Å². The first-order chi connectivity index (χ1) is 12.3. The average Bonchev–Trinajstić information content (AvgIpc) is 2.95. The van der Waals surface area contributed by atoms with Gasteiger partial charge in [0.25, 0.3) is 0 Å². The molecule has 0 bridgehead atoms. The van der Waals surface area contributed by atoms with Crippen molar-refractivity contribution < 1.29 is 22.7 Å². The van der Waals surface area contributed by atoms with Gasteiger partial charge in [0.05, 0.1) is 30.7 Å². The third-order valence-electron chi connectivity index (χ3n) is 5.50. The summed E-state index contributed by atoms with van der Waals surface area (Å²) in [6.45, 7) is 1.90. The molecule has 1 heterocycles. The van der Waals surface area contributed by atoms with E-state index in [2.05, 4.69) is 0 Å². The minimum atomic E-state index is -4.38. The zero-order valence-corrected chi connectivity index (χ0v) is 14.4. The molecule has 1 amide bonds. The lowest BCUT2D eigenvalue weighted by molar-refractivity contribution is -0.159. The van der Waals surface area contributed by atoms with Gasteiger partial charge in [0.2, 0.25) is 5.91 Å². The first-order valence-electron chi connectivity index (χ1n) is 8.47. The molecule has 0 radical (unpaired) electrons. The molecule has 1 aliphatic heterocycles. The predicted octanol–water partition coefficient (Wildman–Crippen LogP) is 4.53. The first-order valence-corrected chi connectivity index (χ1v) is 8.47. The molecule has 0 saturated carbocycles. The van der Waals surface area contributed by atoms with Gasteiger partial charge in [-0.15, -0.1) is 0 Å². The molecule has 1 aliphatic carbocycles. The van der Waals surface area contributed by atoms with E-state index in [9.17, 15) is 18.0 Å². The third-order valence-corrected chi connectivity index (χ3v) is 5.50. The Balaban J connectivity index is 1.66. The van der Waals surface area contributed by atoms with Gasteiger partial charge in [-0.2, -0.15) is 13.2 Å². The summed E-state index contributed by atoms with van der Waals surface area (Å²) >= 11 is 0. The second-order valence-electron chi connectivity index (χ2n) is 6.86. The highest BCUT2D eigenvalue weighted by Gasteiger charge is 2.54. The fraction of sp³-hybridized carbons (Fsp3) is 0.350. The van der Waals surface area contributed by atoms with Gasteiger partial charge in [-0.1, -0.05) is 18.2 Å². The number of methoxy groups -OCH3 is 1. The number of halogens is 3. The highest BCUT2D eigenvalue weighted by Crippen LogP contribution is 2.53. The monoisotopic (exact) mass is 361 g/mol. The molecule has 1 saturated heterocycles. The van der Waals surface area contributed by atoms with Gasteiger partial charge < -0.3 is 9.64 Å². The van der Waals surface area contributed by atoms with E-state index in [0.717, 1.165) is 22.9 Å². The van der Waals surface area contributed by atoms with E-state index in [1.54, 1.807) is 12.0 Å². The van der Waals surface area contributed by atoms with Crippen molar-refractivity contribution in [1.29, 1.82) is 0 Å². The Labute approximate surface area is 149 Å². The highest BCUT2D eigenvalue weighted by molar-refractivity contribution is 5.89. The molecule has 0 spiro atoms. The smallest absolute Gasteiger partial charge is 0.416 e. The molecule has 136 valence electrons. The molecule has 0 unspecified atom stereocenters. The van der Waals surface area contributed by atoms with Crippen LogP contribution in [0.5, 0.6) is 5.75 Å². The van der Waals surface area contributed by atoms with E-state index in [0.29, 0.717) is 12.0 Å². The number of amides is 1. The van der Waals surface area contributed by atoms with Crippen molar-refractivity contribution in [2.75, 3.05) is 7.11 Å². The minimum Gasteiger partial charge on any atom is -0.497 e. The van der Waals surface area contributed by atoms with Gasteiger partial charge >= 0.3 is 6.18 Å². The van der Waals surface area contributed by atoms with Crippen molar-refractivity contribution in [2.24, 2.45) is 5.92 Å². The van der Waals surface area contributed by atoms with Crippen LogP contribution in [-0.2, 0) is 17.4 Å². The van der Waals surface area contributed by atoms with Crippen LogP contribution in [0, 0.1) is 5.92 Å². The Bertz CT molecular complexity index is 860. The molecular weight excluding hydrogens is 343 g/mol. The number of benzene rings is 2. The summed E-state index contributed by atoms with van der Waals surface area (Å²) < 4.78 is 44.4. The topological polar surface area (TPSA) is 29.5 Å². The number of rotatable bonds is 3. The molecule has 2 aromatic carbocycles. The molecule has 2 aromatic rings. The van der Waals surface area contributed by atoms with Crippen molar-refractivity contribution in [3.05, 3.63) is 64.7 Å². The normalized spacial score (nSPS) is 22.5. The Hall–Kier alpha value is -2.50. The summed E-state index contributed by atoms with van der Waals surface area (Å²) in [5, 5.41) is 0. The molecule has 4 rings (SSSR count). The van der Waals surface area contributed by atoms with Crippen molar-refractivity contribution in [3.8, 4) is 5.75 Å². The Morgan fingerprint density at radius 3 is 2.46 bits per heavy atom. The first kappa shape index (κ1) is 16.9. The van der Waals surface area contributed by atoms with Crippen molar-refractivity contribution in [2.45, 2.75) is 31.6 Å². The molecule has 3 atom stereocenters. The Morgan fingerprint density at radius 1 is 1.15 bits per heavy atom. The molecule has 2 aliphatic rings. The second-order valence-corrected chi connectivity index (χ2v) is 6.86. The van der Waals surface area contributed by atoms with Gasteiger partial charge in [-0.25, -0.2) is 0 Å². The van der Waals surface area contributed by atoms with Crippen LogP contribution in [0.3, 0.4) is 0 Å². The average molecular weight is 361 g/mol. The number of likely N-dealkylation sites (tertiary alicyclic amines) is 1. The van der Waals surface area contributed by atoms with Gasteiger partial charge in [0.15, 0.2) is 0 Å².